The molecule has 1 saturated carbocycles. The van der Waals surface area contributed by atoms with Crippen LogP contribution in [0.3, 0.4) is 0 Å². The van der Waals surface area contributed by atoms with Gasteiger partial charge in [0.2, 0.25) is 5.95 Å². The summed E-state index contributed by atoms with van der Waals surface area (Å²) in [7, 11) is 0. The van der Waals surface area contributed by atoms with Gasteiger partial charge in [-0.05, 0) is 31.4 Å². The van der Waals surface area contributed by atoms with Gasteiger partial charge in [-0.2, -0.15) is 0 Å². The molecule has 1 atom stereocenters. The van der Waals surface area contributed by atoms with Gasteiger partial charge in [-0.15, -0.1) is 0 Å². The van der Waals surface area contributed by atoms with Crippen molar-refractivity contribution in [2.24, 2.45) is 5.73 Å². The number of anilines is 3. The Labute approximate surface area is 157 Å². The summed E-state index contributed by atoms with van der Waals surface area (Å²) in [5, 5.41) is 14.4. The summed E-state index contributed by atoms with van der Waals surface area (Å²) >= 11 is 0. The highest BCUT2D eigenvalue weighted by atomic mass is 16.6. The van der Waals surface area contributed by atoms with Crippen LogP contribution < -0.4 is 16.0 Å². The highest BCUT2D eigenvalue weighted by Gasteiger charge is 2.28. The molecule has 1 aliphatic heterocycles. The molecule has 3 heterocycles. The van der Waals surface area contributed by atoms with Gasteiger partial charge in [0, 0.05) is 25.0 Å². The van der Waals surface area contributed by atoms with E-state index in [1.807, 2.05) is 12.1 Å². The Balaban J connectivity index is 1.52. The third kappa shape index (κ3) is 3.82. The average molecular weight is 369 g/mol. The number of pyridine rings is 1. The van der Waals surface area contributed by atoms with Crippen molar-refractivity contribution >= 4 is 23.1 Å². The van der Waals surface area contributed by atoms with Crippen LogP contribution in [0.25, 0.3) is 0 Å². The highest BCUT2D eigenvalue weighted by molar-refractivity contribution is 5.55. The fraction of sp³-hybridized carbons (Fsp3) is 0.500. The van der Waals surface area contributed by atoms with Crippen LogP contribution in [0, 0.1) is 10.1 Å². The van der Waals surface area contributed by atoms with Crippen LogP contribution in [0.5, 0.6) is 0 Å². The quantitative estimate of drug-likeness (QED) is 0.609. The minimum Gasteiger partial charge on any atom is -0.369 e. The van der Waals surface area contributed by atoms with Crippen molar-refractivity contribution in [2.45, 2.75) is 44.1 Å². The summed E-state index contributed by atoms with van der Waals surface area (Å²) in [6.07, 6.45) is 8.10. The summed E-state index contributed by atoms with van der Waals surface area (Å²) in [4.78, 5) is 26.1. The van der Waals surface area contributed by atoms with Gasteiger partial charge in [-0.3, -0.25) is 10.1 Å². The molecule has 9 nitrogen and oxygen atoms in total. The SMILES string of the molecule is NC1CCN(c2ccc(Nc3ncc([N+](=O)[O-])c(C4CCCC4)n3)nc2)C1. The minimum atomic E-state index is -0.398. The summed E-state index contributed by atoms with van der Waals surface area (Å²) < 4.78 is 0. The summed E-state index contributed by atoms with van der Waals surface area (Å²) in [5.41, 5.74) is 7.51. The molecule has 2 aromatic rings. The molecule has 0 bridgehead atoms. The molecular weight excluding hydrogens is 346 g/mol. The maximum atomic E-state index is 11.3. The first-order valence-corrected chi connectivity index (χ1v) is 9.35. The van der Waals surface area contributed by atoms with Gasteiger partial charge >= 0.3 is 5.69 Å². The molecule has 27 heavy (non-hydrogen) atoms. The van der Waals surface area contributed by atoms with Crippen molar-refractivity contribution in [1.82, 2.24) is 15.0 Å². The van der Waals surface area contributed by atoms with Gasteiger partial charge < -0.3 is 16.0 Å². The lowest BCUT2D eigenvalue weighted by atomic mass is 10.0. The third-order valence-electron chi connectivity index (χ3n) is 5.31. The van der Waals surface area contributed by atoms with Crippen LogP contribution in [0.1, 0.15) is 43.7 Å². The number of nitrogens with zero attached hydrogens (tertiary/aromatic N) is 5. The van der Waals surface area contributed by atoms with E-state index in [0.717, 1.165) is 50.9 Å². The molecule has 2 aliphatic rings. The van der Waals surface area contributed by atoms with Crippen molar-refractivity contribution in [3.8, 4) is 0 Å². The Morgan fingerprint density at radius 2 is 2.00 bits per heavy atom. The lowest BCUT2D eigenvalue weighted by Gasteiger charge is -2.17. The molecule has 2 aromatic heterocycles. The average Bonchev–Trinajstić information content (AvgIpc) is 3.34. The molecule has 0 spiro atoms. The molecule has 1 saturated heterocycles. The Kier molecular flexibility index (Phi) is 4.85. The van der Waals surface area contributed by atoms with Crippen LogP contribution >= 0.6 is 0 Å². The largest absolute Gasteiger partial charge is 0.369 e. The van der Waals surface area contributed by atoms with E-state index in [1.54, 1.807) is 6.20 Å². The number of nitrogens with two attached hydrogens (primary N) is 1. The first-order valence-electron chi connectivity index (χ1n) is 9.35. The van der Waals surface area contributed by atoms with E-state index in [0.29, 0.717) is 17.5 Å². The lowest BCUT2D eigenvalue weighted by Crippen LogP contribution is -2.26. The number of nitro groups is 1. The number of nitrogens with one attached hydrogen (secondary N) is 1. The van der Waals surface area contributed by atoms with Crippen LogP contribution in [0.15, 0.2) is 24.5 Å². The second-order valence-electron chi connectivity index (χ2n) is 7.22. The Morgan fingerprint density at radius 3 is 2.63 bits per heavy atom. The second-order valence-corrected chi connectivity index (χ2v) is 7.22. The second kappa shape index (κ2) is 7.43. The fourth-order valence-corrected chi connectivity index (χ4v) is 3.87. The first kappa shape index (κ1) is 17.6. The van der Waals surface area contributed by atoms with Gasteiger partial charge in [-0.1, -0.05) is 12.8 Å². The predicted octanol–water partition coefficient (Wildman–Crippen LogP) is 2.72. The third-order valence-corrected chi connectivity index (χ3v) is 5.31. The van der Waals surface area contributed by atoms with E-state index in [2.05, 4.69) is 25.2 Å². The van der Waals surface area contributed by atoms with Crippen molar-refractivity contribution in [3.63, 3.8) is 0 Å². The van der Waals surface area contributed by atoms with Crippen molar-refractivity contribution in [1.29, 1.82) is 0 Å². The standard InChI is InChI=1S/C18H23N7O2/c19-13-7-8-24(11-13)14-5-6-16(20-9-14)22-18-21-10-15(25(26)27)17(23-18)12-3-1-2-4-12/h5-6,9-10,12-13H,1-4,7-8,11,19H2,(H,20,21,22,23). The molecule has 0 aromatic carbocycles. The molecule has 2 fully saturated rings. The van der Waals surface area contributed by atoms with Gasteiger partial charge in [0.1, 0.15) is 17.7 Å². The number of hydrogen-bond donors (Lipinski definition) is 2. The van der Waals surface area contributed by atoms with E-state index in [-0.39, 0.29) is 17.6 Å². The normalized spacial score (nSPS) is 20.2. The Bertz CT molecular complexity index is 821. The number of aromatic nitrogens is 3. The van der Waals surface area contributed by atoms with E-state index < -0.39 is 4.92 Å². The van der Waals surface area contributed by atoms with Crippen LogP contribution in [-0.4, -0.2) is 39.0 Å². The van der Waals surface area contributed by atoms with E-state index in [1.165, 1.54) is 6.20 Å². The Hall–Kier alpha value is -2.81. The molecule has 0 amide bonds. The van der Waals surface area contributed by atoms with Crippen molar-refractivity contribution in [3.05, 3.63) is 40.3 Å². The smallest absolute Gasteiger partial charge is 0.309 e. The maximum Gasteiger partial charge on any atom is 0.309 e. The van der Waals surface area contributed by atoms with Gasteiger partial charge in [-0.25, -0.2) is 15.0 Å². The predicted molar refractivity (Wildman–Crippen MR) is 102 cm³/mol. The molecule has 1 aliphatic carbocycles. The molecule has 0 radical (unpaired) electrons. The van der Waals surface area contributed by atoms with E-state index >= 15 is 0 Å². The topological polar surface area (TPSA) is 123 Å². The molecular formula is C18H23N7O2. The van der Waals surface area contributed by atoms with Gasteiger partial charge in [0.15, 0.2) is 0 Å². The number of rotatable bonds is 5. The first-order chi connectivity index (χ1) is 13.1. The van der Waals surface area contributed by atoms with Crippen molar-refractivity contribution in [2.75, 3.05) is 23.3 Å². The Morgan fingerprint density at radius 1 is 1.19 bits per heavy atom. The van der Waals surface area contributed by atoms with Crippen LogP contribution in [0.4, 0.5) is 23.1 Å². The fourth-order valence-electron chi connectivity index (χ4n) is 3.87. The monoisotopic (exact) mass is 369 g/mol. The number of hydrogen-bond acceptors (Lipinski definition) is 8. The van der Waals surface area contributed by atoms with E-state index in [4.69, 9.17) is 5.73 Å². The summed E-state index contributed by atoms with van der Waals surface area (Å²) in [5.74, 6) is 1.07. The summed E-state index contributed by atoms with van der Waals surface area (Å²) in [6.45, 7) is 1.77. The zero-order valence-electron chi connectivity index (χ0n) is 15.0. The zero-order valence-corrected chi connectivity index (χ0v) is 15.0. The molecule has 9 heteroatoms. The molecule has 4 rings (SSSR count). The zero-order chi connectivity index (χ0) is 18.8. The van der Waals surface area contributed by atoms with Gasteiger partial charge in [0.05, 0.1) is 16.8 Å². The van der Waals surface area contributed by atoms with E-state index in [9.17, 15) is 10.1 Å². The molecule has 1 unspecified atom stereocenters. The van der Waals surface area contributed by atoms with Gasteiger partial charge in [0.25, 0.3) is 0 Å². The molecule has 3 N–H and O–H groups in total. The lowest BCUT2D eigenvalue weighted by molar-refractivity contribution is -0.386. The van der Waals surface area contributed by atoms with Crippen LogP contribution in [-0.2, 0) is 0 Å². The molecule has 142 valence electrons. The van der Waals surface area contributed by atoms with Crippen molar-refractivity contribution < 1.29 is 4.92 Å². The highest BCUT2D eigenvalue weighted by Crippen LogP contribution is 2.37. The minimum absolute atomic E-state index is 0.00105. The van der Waals surface area contributed by atoms with Crippen LogP contribution in [0.2, 0.25) is 0 Å². The maximum absolute atomic E-state index is 11.3. The summed E-state index contributed by atoms with van der Waals surface area (Å²) in [6, 6.07) is 4.06.